The fraction of sp³-hybridized carbons (Fsp3) is 0.778. The molecular weight excluding hydrogens is 334 g/mol. The van der Waals surface area contributed by atoms with E-state index in [9.17, 15) is 10.1 Å². The van der Waals surface area contributed by atoms with Crippen molar-refractivity contribution in [3.05, 3.63) is 5.82 Å². The minimum absolute atomic E-state index is 0.0180. The van der Waals surface area contributed by atoms with Gasteiger partial charge < -0.3 is 4.90 Å². The number of nitrogens with zero attached hydrogens (tertiary/aromatic N) is 4. The van der Waals surface area contributed by atoms with Crippen LogP contribution >= 0.6 is 11.8 Å². The molecule has 136 valence electrons. The Hall–Kier alpha value is -1.55. The molecule has 0 unspecified atom stereocenters. The Morgan fingerprint density at radius 1 is 1.32 bits per heavy atom. The van der Waals surface area contributed by atoms with E-state index >= 15 is 0 Å². The van der Waals surface area contributed by atoms with Gasteiger partial charge in [-0.3, -0.25) is 9.89 Å². The number of carbonyl (C=O) groups is 1. The van der Waals surface area contributed by atoms with Gasteiger partial charge in [0, 0.05) is 13.5 Å². The zero-order valence-electron chi connectivity index (χ0n) is 15.0. The van der Waals surface area contributed by atoms with Crippen LogP contribution in [-0.4, -0.2) is 44.3 Å². The zero-order chi connectivity index (χ0) is 17.7. The molecule has 0 spiro atoms. The van der Waals surface area contributed by atoms with E-state index in [-0.39, 0.29) is 11.7 Å². The van der Waals surface area contributed by atoms with Crippen molar-refractivity contribution in [1.82, 2.24) is 20.1 Å². The lowest BCUT2D eigenvalue weighted by Gasteiger charge is -2.38. The van der Waals surface area contributed by atoms with Crippen LogP contribution in [-0.2, 0) is 11.2 Å². The van der Waals surface area contributed by atoms with Crippen molar-refractivity contribution < 1.29 is 4.79 Å². The Morgan fingerprint density at radius 2 is 2.04 bits per heavy atom. The number of H-pyrrole nitrogens is 1. The number of hydrogen-bond donors (Lipinski definition) is 1. The molecule has 25 heavy (non-hydrogen) atoms. The largest absolute Gasteiger partial charge is 0.326 e. The molecule has 2 aliphatic carbocycles. The second-order valence-electron chi connectivity index (χ2n) is 7.36. The van der Waals surface area contributed by atoms with Crippen LogP contribution in [0.2, 0.25) is 0 Å². The molecule has 7 heteroatoms. The Morgan fingerprint density at radius 3 is 2.72 bits per heavy atom. The molecule has 1 aromatic rings. The highest BCUT2D eigenvalue weighted by Gasteiger charge is 2.38. The highest BCUT2D eigenvalue weighted by Crippen LogP contribution is 2.33. The summed E-state index contributed by atoms with van der Waals surface area (Å²) in [6.45, 7) is 0. The average molecular weight is 362 g/mol. The number of nitrogens with one attached hydrogen (secondary N) is 1. The predicted molar refractivity (Wildman–Crippen MR) is 97.0 cm³/mol. The quantitative estimate of drug-likeness (QED) is 0.786. The predicted octanol–water partition coefficient (Wildman–Crippen LogP) is 3.31. The van der Waals surface area contributed by atoms with Crippen LogP contribution in [0.1, 0.15) is 63.6 Å². The molecule has 0 saturated heterocycles. The van der Waals surface area contributed by atoms with Gasteiger partial charge in [-0.1, -0.05) is 56.7 Å². The van der Waals surface area contributed by atoms with Crippen LogP contribution in [0, 0.1) is 17.2 Å². The minimum atomic E-state index is -0.622. The van der Waals surface area contributed by atoms with Crippen molar-refractivity contribution in [1.29, 1.82) is 5.26 Å². The van der Waals surface area contributed by atoms with Gasteiger partial charge in [-0.05, 0) is 18.8 Å². The Labute approximate surface area is 153 Å². The lowest BCUT2D eigenvalue weighted by atomic mass is 9.81. The fourth-order valence-corrected chi connectivity index (χ4v) is 4.77. The maximum Gasteiger partial charge on any atom is 0.234 e. The number of amides is 1. The summed E-state index contributed by atoms with van der Waals surface area (Å²) in [6, 6.07) is 2.40. The summed E-state index contributed by atoms with van der Waals surface area (Å²) in [7, 11) is 1.76. The second-order valence-corrected chi connectivity index (χ2v) is 8.31. The van der Waals surface area contributed by atoms with Crippen LogP contribution in [0.25, 0.3) is 0 Å². The van der Waals surface area contributed by atoms with Gasteiger partial charge in [0.25, 0.3) is 0 Å². The summed E-state index contributed by atoms with van der Waals surface area (Å²) >= 11 is 1.35. The molecule has 2 saturated carbocycles. The minimum Gasteiger partial charge on any atom is -0.326 e. The summed E-state index contributed by atoms with van der Waals surface area (Å²) in [6.07, 6.45) is 10.9. The van der Waals surface area contributed by atoms with Crippen molar-refractivity contribution in [2.24, 2.45) is 5.92 Å². The number of rotatable bonds is 6. The highest BCUT2D eigenvalue weighted by molar-refractivity contribution is 7.99. The Balaban J connectivity index is 1.51. The van der Waals surface area contributed by atoms with Gasteiger partial charge in [-0.15, -0.1) is 5.10 Å². The molecule has 0 aliphatic heterocycles. The van der Waals surface area contributed by atoms with Gasteiger partial charge in [-0.2, -0.15) is 5.26 Å². The molecular formula is C18H27N5OS. The summed E-state index contributed by atoms with van der Waals surface area (Å²) in [5.41, 5.74) is -0.622. The number of thioether (sulfide) groups is 1. The summed E-state index contributed by atoms with van der Waals surface area (Å²) < 4.78 is 0. The van der Waals surface area contributed by atoms with Gasteiger partial charge >= 0.3 is 0 Å². The van der Waals surface area contributed by atoms with Gasteiger partial charge in [0.1, 0.15) is 11.4 Å². The smallest absolute Gasteiger partial charge is 0.234 e. The average Bonchev–Trinajstić information content (AvgIpc) is 3.32. The molecule has 2 aliphatic rings. The van der Waals surface area contributed by atoms with E-state index in [1.807, 2.05) is 0 Å². The third-order valence-corrected chi connectivity index (χ3v) is 6.53. The van der Waals surface area contributed by atoms with E-state index < -0.39 is 5.54 Å². The maximum atomic E-state index is 12.6. The number of aromatic amines is 1. The number of nitriles is 1. The summed E-state index contributed by atoms with van der Waals surface area (Å²) in [5, 5.41) is 17.5. The highest BCUT2D eigenvalue weighted by atomic mass is 32.2. The van der Waals surface area contributed by atoms with Crippen molar-refractivity contribution in [2.45, 2.75) is 74.9 Å². The SMILES string of the molecule is CN(C(=O)CSc1n[nH]c(CC2CCCC2)n1)C1(C#N)CCCCC1. The molecule has 1 amide bonds. The molecule has 3 rings (SSSR count). The standard InChI is InChI=1S/C18H27N5OS/c1-23(18(13-19)9-5-2-6-10-18)16(24)12-25-17-20-15(21-22-17)11-14-7-3-4-8-14/h14H,2-12H2,1H3,(H,20,21,22). The van der Waals surface area contributed by atoms with Gasteiger partial charge in [-0.25, -0.2) is 4.98 Å². The van der Waals surface area contributed by atoms with Crippen LogP contribution in [0.4, 0.5) is 0 Å². The Kier molecular flexibility index (Phi) is 6.00. The zero-order valence-corrected chi connectivity index (χ0v) is 15.8. The third kappa shape index (κ3) is 4.35. The molecule has 0 aromatic carbocycles. The molecule has 1 N–H and O–H groups in total. The monoisotopic (exact) mass is 361 g/mol. The van der Waals surface area contributed by atoms with Gasteiger partial charge in [0.15, 0.2) is 0 Å². The molecule has 0 radical (unpaired) electrons. The number of aromatic nitrogens is 3. The normalized spacial score (nSPS) is 20.3. The lowest BCUT2D eigenvalue weighted by molar-refractivity contribution is -0.131. The Bertz CT molecular complexity index is 626. The molecule has 1 heterocycles. The van der Waals surface area contributed by atoms with E-state index in [4.69, 9.17) is 0 Å². The van der Waals surface area contributed by atoms with Crippen molar-refractivity contribution in [3.8, 4) is 6.07 Å². The maximum absolute atomic E-state index is 12.6. The molecule has 6 nitrogen and oxygen atoms in total. The van der Waals surface area contributed by atoms with Crippen LogP contribution < -0.4 is 0 Å². The van der Waals surface area contributed by atoms with E-state index in [1.165, 1.54) is 37.4 Å². The first-order valence-electron chi connectivity index (χ1n) is 9.35. The molecule has 1 aromatic heterocycles. The molecule has 2 fully saturated rings. The van der Waals surface area contributed by atoms with Gasteiger partial charge in [0.2, 0.25) is 11.1 Å². The van der Waals surface area contributed by atoms with Crippen molar-refractivity contribution in [2.75, 3.05) is 12.8 Å². The fourth-order valence-electron chi connectivity index (χ4n) is 4.04. The third-order valence-electron chi connectivity index (χ3n) is 5.70. The topological polar surface area (TPSA) is 85.7 Å². The molecule has 0 bridgehead atoms. The van der Waals surface area contributed by atoms with Crippen molar-refractivity contribution in [3.63, 3.8) is 0 Å². The van der Waals surface area contributed by atoms with Crippen LogP contribution in [0.5, 0.6) is 0 Å². The summed E-state index contributed by atoms with van der Waals surface area (Å²) in [5.74, 6) is 1.91. The van der Waals surface area contributed by atoms with E-state index in [2.05, 4.69) is 21.3 Å². The van der Waals surface area contributed by atoms with Crippen LogP contribution in [0.3, 0.4) is 0 Å². The van der Waals surface area contributed by atoms with Crippen LogP contribution in [0.15, 0.2) is 5.16 Å². The number of carbonyl (C=O) groups excluding carboxylic acids is 1. The first-order chi connectivity index (χ1) is 12.1. The second kappa shape index (κ2) is 8.22. The van der Waals surface area contributed by atoms with Gasteiger partial charge in [0.05, 0.1) is 11.8 Å². The number of hydrogen-bond acceptors (Lipinski definition) is 5. The molecule has 0 atom stereocenters. The van der Waals surface area contributed by atoms with E-state index in [0.29, 0.717) is 5.16 Å². The van der Waals surface area contributed by atoms with E-state index in [1.54, 1.807) is 11.9 Å². The lowest BCUT2D eigenvalue weighted by Crippen LogP contribution is -2.50. The first kappa shape index (κ1) is 18.2. The summed E-state index contributed by atoms with van der Waals surface area (Å²) in [4.78, 5) is 18.7. The first-order valence-corrected chi connectivity index (χ1v) is 10.3. The van der Waals surface area contributed by atoms with Crippen molar-refractivity contribution >= 4 is 17.7 Å². The van der Waals surface area contributed by atoms with E-state index in [0.717, 1.165) is 50.3 Å².